The molecule has 72 valence electrons. The number of primary amides is 1. The Bertz CT molecular complexity index is 446. The SMILES string of the molecule is NC(=O)C#Cc1cc(Cl)cc(Cl)c1N. The molecule has 1 aromatic rings. The smallest absolute Gasteiger partial charge is 0.293 e. The lowest BCUT2D eigenvalue weighted by Gasteiger charge is -2.01. The summed E-state index contributed by atoms with van der Waals surface area (Å²) in [5, 5.41) is 0.698. The van der Waals surface area contributed by atoms with Gasteiger partial charge in [0.05, 0.1) is 16.3 Å². The Morgan fingerprint density at radius 1 is 1.36 bits per heavy atom. The van der Waals surface area contributed by atoms with Crippen LogP contribution in [0.3, 0.4) is 0 Å². The van der Waals surface area contributed by atoms with Crippen LogP contribution in [-0.2, 0) is 4.79 Å². The van der Waals surface area contributed by atoms with Crippen molar-refractivity contribution in [3.8, 4) is 11.8 Å². The first kappa shape index (κ1) is 10.7. The van der Waals surface area contributed by atoms with Crippen LogP contribution in [0, 0.1) is 11.8 Å². The van der Waals surface area contributed by atoms with Crippen molar-refractivity contribution in [3.63, 3.8) is 0 Å². The van der Waals surface area contributed by atoms with Gasteiger partial charge in [0.25, 0.3) is 5.91 Å². The second-order valence-electron chi connectivity index (χ2n) is 2.46. The summed E-state index contributed by atoms with van der Waals surface area (Å²) in [7, 11) is 0. The summed E-state index contributed by atoms with van der Waals surface area (Å²) < 4.78 is 0. The van der Waals surface area contributed by atoms with Crippen LogP contribution in [0.15, 0.2) is 12.1 Å². The molecule has 0 heterocycles. The standard InChI is InChI=1S/C9H6Cl2N2O/c10-6-3-5(1-2-8(12)14)9(13)7(11)4-6/h3-4H,13H2,(H2,12,14). The molecular formula is C9H6Cl2N2O. The van der Waals surface area contributed by atoms with Gasteiger partial charge < -0.3 is 11.5 Å². The molecule has 1 aromatic carbocycles. The summed E-state index contributed by atoms with van der Waals surface area (Å²) in [4.78, 5) is 10.4. The number of nitrogen functional groups attached to an aromatic ring is 1. The zero-order chi connectivity index (χ0) is 10.7. The molecule has 5 heteroatoms. The Labute approximate surface area is 91.0 Å². The summed E-state index contributed by atoms with van der Waals surface area (Å²) in [6, 6.07) is 3.01. The van der Waals surface area contributed by atoms with E-state index in [9.17, 15) is 4.79 Å². The van der Waals surface area contributed by atoms with Gasteiger partial charge in [-0.1, -0.05) is 29.1 Å². The van der Waals surface area contributed by atoms with E-state index in [1.807, 2.05) is 0 Å². The maximum Gasteiger partial charge on any atom is 0.293 e. The first-order valence-electron chi connectivity index (χ1n) is 3.56. The first-order valence-corrected chi connectivity index (χ1v) is 4.32. The molecule has 1 rings (SSSR count). The molecule has 0 saturated carbocycles. The van der Waals surface area contributed by atoms with Gasteiger partial charge in [-0.15, -0.1) is 0 Å². The highest BCUT2D eigenvalue weighted by Crippen LogP contribution is 2.26. The molecule has 0 saturated heterocycles. The van der Waals surface area contributed by atoms with E-state index in [0.29, 0.717) is 15.6 Å². The predicted octanol–water partition coefficient (Wildman–Crippen LogP) is 1.41. The Morgan fingerprint density at radius 3 is 2.57 bits per heavy atom. The minimum Gasteiger partial charge on any atom is -0.397 e. The molecule has 1 amide bonds. The molecule has 14 heavy (non-hydrogen) atoms. The molecule has 0 atom stereocenters. The number of amides is 1. The van der Waals surface area contributed by atoms with Crippen LogP contribution in [0.25, 0.3) is 0 Å². The minimum absolute atomic E-state index is 0.282. The number of anilines is 1. The largest absolute Gasteiger partial charge is 0.397 e. The monoisotopic (exact) mass is 228 g/mol. The summed E-state index contributed by atoms with van der Waals surface area (Å²) in [5.74, 6) is 3.89. The molecule has 0 bridgehead atoms. The van der Waals surface area contributed by atoms with Crippen LogP contribution in [-0.4, -0.2) is 5.91 Å². The molecular weight excluding hydrogens is 223 g/mol. The molecule has 0 aromatic heterocycles. The van der Waals surface area contributed by atoms with Gasteiger partial charge in [0, 0.05) is 10.9 Å². The van der Waals surface area contributed by atoms with Gasteiger partial charge in [0.15, 0.2) is 0 Å². The van der Waals surface area contributed by atoms with Crippen molar-refractivity contribution in [1.29, 1.82) is 0 Å². The summed E-state index contributed by atoms with van der Waals surface area (Å²) in [6.45, 7) is 0. The highest BCUT2D eigenvalue weighted by atomic mass is 35.5. The Kier molecular flexibility index (Phi) is 3.23. The fourth-order valence-electron chi connectivity index (χ4n) is 0.817. The Balaban J connectivity index is 3.23. The van der Waals surface area contributed by atoms with Crippen LogP contribution in [0.4, 0.5) is 5.69 Å². The quantitative estimate of drug-likeness (QED) is 0.521. The fraction of sp³-hybridized carbons (Fsp3) is 0. The molecule has 3 nitrogen and oxygen atoms in total. The third-order valence-corrected chi connectivity index (χ3v) is 1.95. The van der Waals surface area contributed by atoms with E-state index in [0.717, 1.165) is 0 Å². The topological polar surface area (TPSA) is 69.1 Å². The van der Waals surface area contributed by atoms with Crippen molar-refractivity contribution in [2.45, 2.75) is 0 Å². The van der Waals surface area contributed by atoms with Crippen LogP contribution in [0.2, 0.25) is 10.0 Å². The zero-order valence-corrected chi connectivity index (χ0v) is 8.49. The maximum atomic E-state index is 10.4. The van der Waals surface area contributed by atoms with E-state index in [4.69, 9.17) is 34.7 Å². The van der Waals surface area contributed by atoms with E-state index in [-0.39, 0.29) is 5.69 Å². The second kappa shape index (κ2) is 4.23. The third kappa shape index (κ3) is 2.56. The average Bonchev–Trinajstić information content (AvgIpc) is 2.08. The zero-order valence-electron chi connectivity index (χ0n) is 6.97. The molecule has 0 aliphatic carbocycles. The highest BCUT2D eigenvalue weighted by molar-refractivity contribution is 6.36. The molecule has 4 N–H and O–H groups in total. The van der Waals surface area contributed by atoms with Crippen molar-refractivity contribution < 1.29 is 4.79 Å². The lowest BCUT2D eigenvalue weighted by molar-refractivity contribution is -0.112. The molecule has 0 aliphatic rings. The van der Waals surface area contributed by atoms with Crippen molar-refractivity contribution in [3.05, 3.63) is 27.7 Å². The number of hydrogen-bond acceptors (Lipinski definition) is 2. The van der Waals surface area contributed by atoms with Gasteiger partial charge >= 0.3 is 0 Å². The number of hydrogen-bond donors (Lipinski definition) is 2. The molecule has 0 unspecified atom stereocenters. The number of nitrogens with two attached hydrogens (primary N) is 2. The average molecular weight is 229 g/mol. The van der Waals surface area contributed by atoms with Gasteiger partial charge in [-0.2, -0.15) is 0 Å². The van der Waals surface area contributed by atoms with Gasteiger partial charge in [-0.3, -0.25) is 4.79 Å². The van der Waals surface area contributed by atoms with Crippen molar-refractivity contribution in [1.82, 2.24) is 0 Å². The van der Waals surface area contributed by atoms with Gasteiger partial charge in [0.1, 0.15) is 0 Å². The van der Waals surface area contributed by atoms with Gasteiger partial charge in [-0.05, 0) is 12.1 Å². The number of rotatable bonds is 0. The lowest BCUT2D eigenvalue weighted by Crippen LogP contribution is -2.06. The Hall–Kier alpha value is -1.37. The van der Waals surface area contributed by atoms with E-state index >= 15 is 0 Å². The summed E-state index contributed by atoms with van der Waals surface area (Å²) in [5.41, 5.74) is 11.1. The molecule has 0 aliphatic heterocycles. The first-order chi connectivity index (χ1) is 6.50. The summed E-state index contributed by atoms with van der Waals surface area (Å²) in [6.07, 6.45) is 0. The molecule has 0 spiro atoms. The summed E-state index contributed by atoms with van der Waals surface area (Å²) >= 11 is 11.5. The van der Waals surface area contributed by atoms with E-state index < -0.39 is 5.91 Å². The number of carbonyl (C=O) groups excluding carboxylic acids is 1. The van der Waals surface area contributed by atoms with Crippen molar-refractivity contribution in [2.24, 2.45) is 5.73 Å². The molecule has 0 fully saturated rings. The molecule has 0 radical (unpaired) electrons. The van der Waals surface area contributed by atoms with Crippen molar-refractivity contribution >= 4 is 34.8 Å². The van der Waals surface area contributed by atoms with Crippen LogP contribution in [0.1, 0.15) is 5.56 Å². The van der Waals surface area contributed by atoms with Gasteiger partial charge in [0.2, 0.25) is 0 Å². The van der Waals surface area contributed by atoms with Crippen LogP contribution >= 0.6 is 23.2 Å². The normalized spacial score (nSPS) is 9.00. The van der Waals surface area contributed by atoms with E-state index in [2.05, 4.69) is 11.8 Å². The number of carbonyl (C=O) groups is 1. The van der Waals surface area contributed by atoms with Crippen LogP contribution < -0.4 is 11.5 Å². The van der Waals surface area contributed by atoms with E-state index in [1.54, 1.807) is 0 Å². The fourth-order valence-corrected chi connectivity index (χ4v) is 1.31. The van der Waals surface area contributed by atoms with Crippen LogP contribution in [0.5, 0.6) is 0 Å². The van der Waals surface area contributed by atoms with Gasteiger partial charge in [-0.25, -0.2) is 0 Å². The predicted molar refractivity (Wildman–Crippen MR) is 56.9 cm³/mol. The highest BCUT2D eigenvalue weighted by Gasteiger charge is 2.03. The van der Waals surface area contributed by atoms with Crippen molar-refractivity contribution in [2.75, 3.05) is 5.73 Å². The second-order valence-corrected chi connectivity index (χ2v) is 3.31. The minimum atomic E-state index is -0.736. The number of benzene rings is 1. The lowest BCUT2D eigenvalue weighted by atomic mass is 10.2. The van der Waals surface area contributed by atoms with E-state index in [1.165, 1.54) is 12.1 Å². The maximum absolute atomic E-state index is 10.4. The third-order valence-electron chi connectivity index (χ3n) is 1.41. The number of halogens is 2. The Morgan fingerprint density at radius 2 is 2.00 bits per heavy atom.